The van der Waals surface area contributed by atoms with E-state index in [2.05, 4.69) is 15.5 Å². The van der Waals surface area contributed by atoms with Crippen molar-refractivity contribution in [1.29, 1.82) is 0 Å². The molecule has 1 N–H and O–H groups in total. The smallest absolute Gasteiger partial charge is 0.322 e. The van der Waals surface area contributed by atoms with Gasteiger partial charge in [-0.15, -0.1) is 5.10 Å². The number of benzene rings is 2. The van der Waals surface area contributed by atoms with Gasteiger partial charge in [-0.3, -0.25) is 10.1 Å². The fourth-order valence-corrected chi connectivity index (χ4v) is 2.48. The summed E-state index contributed by atoms with van der Waals surface area (Å²) in [5, 5.41) is 10.9. The summed E-state index contributed by atoms with van der Waals surface area (Å²) >= 11 is 11.8. The lowest BCUT2D eigenvalue weighted by atomic mass is 10.2. The van der Waals surface area contributed by atoms with Crippen LogP contribution in [0.2, 0.25) is 10.0 Å². The number of carbonyl (C=O) groups is 1. The Kier molecular flexibility index (Phi) is 5.60. The quantitative estimate of drug-likeness (QED) is 0.678. The number of amides is 1. The van der Waals surface area contributed by atoms with Crippen molar-refractivity contribution < 1.29 is 18.7 Å². The molecule has 26 heavy (non-hydrogen) atoms. The van der Waals surface area contributed by atoms with E-state index in [-0.39, 0.29) is 18.5 Å². The Bertz CT molecular complexity index is 913. The monoisotopic (exact) mass is 393 g/mol. The van der Waals surface area contributed by atoms with Crippen molar-refractivity contribution in [3.8, 4) is 23.0 Å². The molecule has 3 rings (SSSR count). The summed E-state index contributed by atoms with van der Waals surface area (Å²) in [7, 11) is 1.58. The van der Waals surface area contributed by atoms with E-state index in [0.717, 1.165) is 0 Å². The second kappa shape index (κ2) is 8.07. The summed E-state index contributed by atoms with van der Waals surface area (Å²) in [6.07, 6.45) is 0. The second-order valence-corrected chi connectivity index (χ2v) is 5.90. The van der Waals surface area contributed by atoms with Crippen LogP contribution in [0, 0.1) is 0 Å². The van der Waals surface area contributed by atoms with Gasteiger partial charge in [-0.2, -0.15) is 0 Å². The molecule has 0 unspecified atom stereocenters. The molecule has 0 saturated heterocycles. The van der Waals surface area contributed by atoms with Crippen LogP contribution >= 0.6 is 23.2 Å². The molecule has 7 nitrogen and oxygen atoms in total. The van der Waals surface area contributed by atoms with E-state index in [1.807, 2.05) is 0 Å². The van der Waals surface area contributed by atoms with E-state index in [1.165, 1.54) is 6.07 Å². The van der Waals surface area contributed by atoms with Crippen molar-refractivity contribution in [2.75, 3.05) is 19.0 Å². The number of methoxy groups -OCH3 is 1. The normalized spacial score (nSPS) is 10.4. The number of nitrogens with zero attached hydrogens (tertiary/aromatic N) is 2. The average molecular weight is 394 g/mol. The van der Waals surface area contributed by atoms with E-state index < -0.39 is 5.91 Å². The summed E-state index contributed by atoms with van der Waals surface area (Å²) in [5.41, 5.74) is 0.697. The zero-order valence-electron chi connectivity index (χ0n) is 13.5. The van der Waals surface area contributed by atoms with Crippen LogP contribution in [-0.2, 0) is 4.79 Å². The van der Waals surface area contributed by atoms with E-state index >= 15 is 0 Å². The third-order valence-electron chi connectivity index (χ3n) is 3.26. The van der Waals surface area contributed by atoms with Crippen LogP contribution in [0.15, 0.2) is 46.9 Å². The number of aromatic nitrogens is 2. The maximum absolute atomic E-state index is 11.9. The lowest BCUT2D eigenvalue weighted by Crippen LogP contribution is -2.20. The van der Waals surface area contributed by atoms with Gasteiger partial charge in [-0.1, -0.05) is 28.3 Å². The molecule has 1 aromatic heterocycles. The van der Waals surface area contributed by atoms with E-state index in [4.69, 9.17) is 37.1 Å². The zero-order valence-corrected chi connectivity index (χ0v) is 15.0. The fraction of sp³-hybridized carbons (Fsp3) is 0.118. The molecular weight excluding hydrogens is 381 g/mol. The Morgan fingerprint density at radius 3 is 2.62 bits per heavy atom. The molecule has 1 heterocycles. The predicted molar refractivity (Wildman–Crippen MR) is 96.9 cm³/mol. The maximum atomic E-state index is 11.9. The Morgan fingerprint density at radius 2 is 1.92 bits per heavy atom. The van der Waals surface area contributed by atoms with Crippen LogP contribution in [0.5, 0.6) is 11.5 Å². The summed E-state index contributed by atoms with van der Waals surface area (Å²) < 4.78 is 15.8. The Labute approximate surface area is 158 Å². The molecule has 0 aliphatic heterocycles. The zero-order chi connectivity index (χ0) is 18.5. The topological polar surface area (TPSA) is 86.5 Å². The minimum atomic E-state index is -0.471. The number of nitrogens with one attached hydrogen (secondary N) is 1. The lowest BCUT2D eigenvalue weighted by Gasteiger charge is -2.07. The fourth-order valence-electron chi connectivity index (χ4n) is 2.01. The highest BCUT2D eigenvalue weighted by molar-refractivity contribution is 6.35. The number of halogens is 2. The van der Waals surface area contributed by atoms with Gasteiger partial charge in [0.25, 0.3) is 5.91 Å². The maximum Gasteiger partial charge on any atom is 0.322 e. The number of anilines is 1. The van der Waals surface area contributed by atoms with Crippen LogP contribution in [0.1, 0.15) is 0 Å². The summed E-state index contributed by atoms with van der Waals surface area (Å²) in [6.45, 7) is -0.276. The van der Waals surface area contributed by atoms with Gasteiger partial charge < -0.3 is 13.9 Å². The third-order valence-corrected chi connectivity index (χ3v) is 3.79. The van der Waals surface area contributed by atoms with Gasteiger partial charge in [0.1, 0.15) is 11.5 Å². The first-order chi connectivity index (χ1) is 12.5. The molecule has 1 amide bonds. The van der Waals surface area contributed by atoms with E-state index in [0.29, 0.717) is 27.1 Å². The minimum absolute atomic E-state index is 0.0355. The lowest BCUT2D eigenvalue weighted by molar-refractivity contribution is -0.118. The standard InChI is InChI=1S/C17H13Cl2N3O4/c1-24-12-5-2-10(3-6-12)16-21-22-17(26-16)20-15(23)9-25-14-7-4-11(18)8-13(14)19/h2-8H,9H2,1H3,(H,20,22,23). The number of hydrogen-bond donors (Lipinski definition) is 1. The molecule has 0 bridgehead atoms. The van der Waals surface area contributed by atoms with Gasteiger partial charge >= 0.3 is 6.01 Å². The van der Waals surface area contributed by atoms with Gasteiger partial charge in [-0.25, -0.2) is 0 Å². The van der Waals surface area contributed by atoms with Crippen LogP contribution in [0.25, 0.3) is 11.5 Å². The minimum Gasteiger partial charge on any atom is -0.497 e. The Hall–Kier alpha value is -2.77. The molecule has 0 fully saturated rings. The molecule has 2 aromatic carbocycles. The van der Waals surface area contributed by atoms with Crippen molar-refractivity contribution in [2.24, 2.45) is 0 Å². The van der Waals surface area contributed by atoms with Crippen molar-refractivity contribution >= 4 is 35.1 Å². The highest BCUT2D eigenvalue weighted by atomic mass is 35.5. The molecule has 0 aliphatic carbocycles. The SMILES string of the molecule is COc1ccc(-c2nnc(NC(=O)COc3ccc(Cl)cc3Cl)o2)cc1. The number of rotatable bonds is 6. The molecule has 0 spiro atoms. The van der Waals surface area contributed by atoms with Crippen LogP contribution in [0.3, 0.4) is 0 Å². The van der Waals surface area contributed by atoms with Crippen LogP contribution in [-0.4, -0.2) is 29.8 Å². The first-order valence-corrected chi connectivity index (χ1v) is 8.16. The first-order valence-electron chi connectivity index (χ1n) is 7.41. The molecule has 134 valence electrons. The first kappa shape index (κ1) is 18.0. The molecule has 3 aromatic rings. The van der Waals surface area contributed by atoms with Gasteiger partial charge in [0.05, 0.1) is 12.1 Å². The highest BCUT2D eigenvalue weighted by Gasteiger charge is 2.13. The summed E-state index contributed by atoms with van der Waals surface area (Å²) in [5.74, 6) is 0.848. The Balaban J connectivity index is 1.58. The number of ether oxygens (including phenoxy) is 2. The molecule has 0 radical (unpaired) electrons. The number of carbonyl (C=O) groups excluding carboxylic acids is 1. The molecule has 9 heteroatoms. The molecule has 0 saturated carbocycles. The highest BCUT2D eigenvalue weighted by Crippen LogP contribution is 2.27. The van der Waals surface area contributed by atoms with Crippen molar-refractivity contribution in [3.05, 3.63) is 52.5 Å². The number of hydrogen-bond acceptors (Lipinski definition) is 6. The molecule has 0 atom stereocenters. The van der Waals surface area contributed by atoms with Crippen LogP contribution < -0.4 is 14.8 Å². The van der Waals surface area contributed by atoms with Gasteiger partial charge in [-0.05, 0) is 42.5 Å². The van der Waals surface area contributed by atoms with Crippen LogP contribution in [0.4, 0.5) is 6.01 Å². The van der Waals surface area contributed by atoms with Crippen molar-refractivity contribution in [1.82, 2.24) is 10.2 Å². The summed E-state index contributed by atoms with van der Waals surface area (Å²) in [4.78, 5) is 11.9. The predicted octanol–water partition coefficient (Wildman–Crippen LogP) is 4.07. The van der Waals surface area contributed by atoms with Gasteiger partial charge in [0, 0.05) is 10.6 Å². The van der Waals surface area contributed by atoms with Crippen molar-refractivity contribution in [3.63, 3.8) is 0 Å². The van der Waals surface area contributed by atoms with Crippen molar-refractivity contribution in [2.45, 2.75) is 0 Å². The van der Waals surface area contributed by atoms with E-state index in [1.54, 1.807) is 43.5 Å². The largest absolute Gasteiger partial charge is 0.497 e. The van der Waals surface area contributed by atoms with Gasteiger partial charge in [0.2, 0.25) is 5.89 Å². The van der Waals surface area contributed by atoms with Gasteiger partial charge in [0.15, 0.2) is 6.61 Å². The average Bonchev–Trinajstić information content (AvgIpc) is 3.09. The third kappa shape index (κ3) is 4.44. The van der Waals surface area contributed by atoms with E-state index in [9.17, 15) is 4.79 Å². The Morgan fingerprint density at radius 1 is 1.15 bits per heavy atom. The molecular formula is C17H13Cl2N3O4. The summed E-state index contributed by atoms with van der Waals surface area (Å²) in [6, 6.07) is 11.7. The molecule has 0 aliphatic rings. The second-order valence-electron chi connectivity index (χ2n) is 5.05.